The molecule has 142 valence electrons. The second-order valence-corrected chi connectivity index (χ2v) is 5.60. The molecule has 0 aliphatic rings. The van der Waals surface area contributed by atoms with Gasteiger partial charge in [-0.2, -0.15) is 5.48 Å². The minimum atomic E-state index is -1.16. The monoisotopic (exact) mass is 372 g/mol. The van der Waals surface area contributed by atoms with Crippen LogP contribution in [0.15, 0.2) is 60.7 Å². The molecule has 0 radical (unpaired) electrons. The Morgan fingerprint density at radius 2 is 1.52 bits per heavy atom. The van der Waals surface area contributed by atoms with Crippen LogP contribution in [0, 0.1) is 0 Å². The maximum Gasteiger partial charge on any atom is 0.431 e. The van der Waals surface area contributed by atoms with Gasteiger partial charge in [-0.1, -0.05) is 60.7 Å². The zero-order valence-electron chi connectivity index (χ0n) is 14.5. The first-order valence-electron chi connectivity index (χ1n) is 8.19. The lowest BCUT2D eigenvalue weighted by Crippen LogP contribution is -2.44. The van der Waals surface area contributed by atoms with Crippen LogP contribution < -0.4 is 10.8 Å². The van der Waals surface area contributed by atoms with E-state index in [1.165, 1.54) is 0 Å². The fourth-order valence-corrected chi connectivity index (χ4v) is 2.20. The fourth-order valence-electron chi connectivity index (χ4n) is 2.20. The quantitative estimate of drug-likeness (QED) is 0.577. The van der Waals surface area contributed by atoms with E-state index < -0.39 is 30.6 Å². The molecule has 0 fully saturated rings. The SMILES string of the molecule is O=C(CONC(=O)OCc1ccccc1)NC(Cc1ccccc1)C(=O)O. The number of benzene rings is 2. The molecule has 1 atom stereocenters. The summed E-state index contributed by atoms with van der Waals surface area (Å²) in [5, 5.41) is 11.6. The predicted octanol–water partition coefficient (Wildman–Crippen LogP) is 1.66. The fraction of sp³-hybridized carbons (Fsp3) is 0.211. The number of carbonyl (C=O) groups excluding carboxylic acids is 2. The van der Waals surface area contributed by atoms with Crippen molar-refractivity contribution < 1.29 is 29.1 Å². The summed E-state index contributed by atoms with van der Waals surface area (Å²) in [5.41, 5.74) is 3.54. The van der Waals surface area contributed by atoms with Crippen LogP contribution in [0.5, 0.6) is 0 Å². The number of carboxylic acids is 1. The number of nitrogens with one attached hydrogen (secondary N) is 2. The van der Waals surface area contributed by atoms with E-state index in [4.69, 9.17) is 9.57 Å². The number of hydroxylamine groups is 1. The Bertz CT molecular complexity index is 751. The van der Waals surface area contributed by atoms with Crippen LogP contribution in [0.2, 0.25) is 0 Å². The summed E-state index contributed by atoms with van der Waals surface area (Å²) < 4.78 is 4.91. The van der Waals surface area contributed by atoms with Crippen LogP contribution >= 0.6 is 0 Å². The van der Waals surface area contributed by atoms with Crippen molar-refractivity contribution in [3.63, 3.8) is 0 Å². The van der Waals surface area contributed by atoms with Crippen molar-refractivity contribution in [1.29, 1.82) is 0 Å². The van der Waals surface area contributed by atoms with Crippen LogP contribution in [-0.4, -0.2) is 35.7 Å². The molecule has 0 bridgehead atoms. The van der Waals surface area contributed by atoms with Gasteiger partial charge in [0.2, 0.25) is 5.91 Å². The van der Waals surface area contributed by atoms with Gasteiger partial charge < -0.3 is 15.2 Å². The third-order valence-corrected chi connectivity index (χ3v) is 3.49. The molecule has 0 saturated carbocycles. The number of carbonyl (C=O) groups is 3. The van der Waals surface area contributed by atoms with Gasteiger partial charge in [0, 0.05) is 6.42 Å². The molecule has 8 heteroatoms. The van der Waals surface area contributed by atoms with E-state index in [-0.39, 0.29) is 13.0 Å². The average Bonchev–Trinajstić information content (AvgIpc) is 2.67. The van der Waals surface area contributed by atoms with Crippen molar-refractivity contribution in [1.82, 2.24) is 10.8 Å². The van der Waals surface area contributed by atoms with E-state index >= 15 is 0 Å². The van der Waals surface area contributed by atoms with Gasteiger partial charge in [-0.15, -0.1) is 0 Å². The highest BCUT2D eigenvalue weighted by molar-refractivity contribution is 5.84. The molecule has 2 rings (SSSR count). The number of carboxylic acid groups (broad SMARTS) is 1. The molecule has 27 heavy (non-hydrogen) atoms. The molecule has 2 amide bonds. The number of ether oxygens (including phenoxy) is 1. The Hall–Kier alpha value is -3.39. The second-order valence-electron chi connectivity index (χ2n) is 5.60. The van der Waals surface area contributed by atoms with Gasteiger partial charge in [0.05, 0.1) is 0 Å². The van der Waals surface area contributed by atoms with Gasteiger partial charge in [-0.25, -0.2) is 9.59 Å². The third-order valence-electron chi connectivity index (χ3n) is 3.49. The Morgan fingerprint density at radius 3 is 2.11 bits per heavy atom. The highest BCUT2D eigenvalue weighted by Crippen LogP contribution is 2.03. The second kappa shape index (κ2) is 10.6. The summed E-state index contributed by atoms with van der Waals surface area (Å²) in [6.07, 6.45) is -0.722. The van der Waals surface area contributed by atoms with Crippen molar-refractivity contribution in [2.24, 2.45) is 0 Å². The molecule has 0 aliphatic carbocycles. The van der Waals surface area contributed by atoms with Gasteiger partial charge >= 0.3 is 12.1 Å². The van der Waals surface area contributed by atoms with Crippen LogP contribution in [0.4, 0.5) is 4.79 Å². The van der Waals surface area contributed by atoms with Crippen molar-refractivity contribution >= 4 is 18.0 Å². The first-order valence-corrected chi connectivity index (χ1v) is 8.19. The minimum absolute atomic E-state index is 0.0559. The summed E-state index contributed by atoms with van der Waals surface area (Å²) >= 11 is 0. The summed E-state index contributed by atoms with van der Waals surface area (Å²) in [4.78, 5) is 39.3. The zero-order valence-corrected chi connectivity index (χ0v) is 14.5. The number of hydrogen-bond acceptors (Lipinski definition) is 5. The van der Waals surface area contributed by atoms with Crippen LogP contribution in [0.25, 0.3) is 0 Å². The predicted molar refractivity (Wildman–Crippen MR) is 95.4 cm³/mol. The molecule has 2 aromatic carbocycles. The normalized spacial score (nSPS) is 11.3. The standard InChI is InChI=1S/C19H20N2O6/c22-17(20-16(18(23)24)11-14-7-3-1-4-8-14)13-27-21-19(25)26-12-15-9-5-2-6-10-15/h1-10,16H,11-13H2,(H,20,22)(H,21,25)(H,23,24). The van der Waals surface area contributed by atoms with Gasteiger partial charge in [-0.3, -0.25) is 9.63 Å². The lowest BCUT2D eigenvalue weighted by atomic mass is 10.1. The van der Waals surface area contributed by atoms with Crippen molar-refractivity contribution in [2.75, 3.05) is 6.61 Å². The molecule has 0 aliphatic heterocycles. The highest BCUT2D eigenvalue weighted by atomic mass is 16.7. The number of aliphatic carboxylic acids is 1. The molecule has 0 spiro atoms. The molecular formula is C19H20N2O6. The van der Waals surface area contributed by atoms with Crippen molar-refractivity contribution in [2.45, 2.75) is 19.1 Å². The number of rotatable bonds is 9. The van der Waals surface area contributed by atoms with E-state index in [0.717, 1.165) is 11.1 Å². The van der Waals surface area contributed by atoms with Gasteiger partial charge in [-0.05, 0) is 11.1 Å². The number of amides is 2. The molecule has 0 saturated heterocycles. The molecular weight excluding hydrogens is 352 g/mol. The Morgan fingerprint density at radius 1 is 0.926 bits per heavy atom. The van der Waals surface area contributed by atoms with E-state index in [2.05, 4.69) is 5.32 Å². The van der Waals surface area contributed by atoms with Crippen LogP contribution in [0.1, 0.15) is 11.1 Å². The summed E-state index contributed by atoms with van der Waals surface area (Å²) in [7, 11) is 0. The van der Waals surface area contributed by atoms with Crippen molar-refractivity contribution in [3.8, 4) is 0 Å². The molecule has 2 aromatic rings. The van der Waals surface area contributed by atoms with Gasteiger partial charge in [0.15, 0.2) is 6.61 Å². The highest BCUT2D eigenvalue weighted by Gasteiger charge is 2.20. The lowest BCUT2D eigenvalue weighted by molar-refractivity contribution is -0.143. The first kappa shape index (κ1) is 19.9. The first-order chi connectivity index (χ1) is 13.0. The summed E-state index contributed by atoms with van der Waals surface area (Å²) in [5.74, 6) is -1.84. The van der Waals surface area contributed by atoms with E-state index in [0.29, 0.717) is 0 Å². The molecule has 1 unspecified atom stereocenters. The molecule has 8 nitrogen and oxygen atoms in total. The van der Waals surface area contributed by atoms with E-state index in [1.54, 1.807) is 36.4 Å². The summed E-state index contributed by atoms with van der Waals surface area (Å²) in [6, 6.07) is 16.9. The summed E-state index contributed by atoms with van der Waals surface area (Å²) in [6.45, 7) is -0.487. The Balaban J connectivity index is 1.69. The zero-order chi connectivity index (χ0) is 19.5. The number of hydrogen-bond donors (Lipinski definition) is 3. The average molecular weight is 372 g/mol. The topological polar surface area (TPSA) is 114 Å². The maximum absolute atomic E-state index is 11.8. The smallest absolute Gasteiger partial charge is 0.431 e. The maximum atomic E-state index is 11.8. The van der Waals surface area contributed by atoms with Crippen LogP contribution in [-0.2, 0) is 32.2 Å². The third kappa shape index (κ3) is 7.57. The van der Waals surface area contributed by atoms with E-state index in [1.807, 2.05) is 29.7 Å². The minimum Gasteiger partial charge on any atom is -0.480 e. The lowest BCUT2D eigenvalue weighted by Gasteiger charge is -2.14. The molecule has 0 heterocycles. The molecule has 0 aromatic heterocycles. The Kier molecular flexibility index (Phi) is 7.80. The van der Waals surface area contributed by atoms with Crippen molar-refractivity contribution in [3.05, 3.63) is 71.8 Å². The largest absolute Gasteiger partial charge is 0.480 e. The molecule has 3 N–H and O–H groups in total. The van der Waals surface area contributed by atoms with Gasteiger partial charge in [0.1, 0.15) is 12.6 Å². The van der Waals surface area contributed by atoms with Gasteiger partial charge in [0.25, 0.3) is 0 Å². The van der Waals surface area contributed by atoms with E-state index in [9.17, 15) is 19.5 Å². The van der Waals surface area contributed by atoms with Crippen LogP contribution in [0.3, 0.4) is 0 Å². The Labute approximate surface area is 156 Å².